The Kier molecular flexibility index (Phi) is 6.63. The summed E-state index contributed by atoms with van der Waals surface area (Å²) >= 11 is 0. The van der Waals surface area contributed by atoms with Crippen molar-refractivity contribution in [3.8, 4) is 5.75 Å². The SMILES string of the molecule is CCc1cc(CNC(=O)CN(C)C)c(O)c2c1CC1CC3CC(=O)C(C(N)=O)=C(O)C3(O)C(=O)C1=C2O. The Hall–Kier alpha value is -3.70. The van der Waals surface area contributed by atoms with Gasteiger partial charge in [0.15, 0.2) is 11.4 Å². The Morgan fingerprint density at radius 2 is 1.84 bits per heavy atom. The second-order valence-corrected chi connectivity index (χ2v) is 10.2. The van der Waals surface area contributed by atoms with Crippen molar-refractivity contribution >= 4 is 29.1 Å². The fourth-order valence-corrected chi connectivity index (χ4v) is 5.82. The Labute approximate surface area is 213 Å². The summed E-state index contributed by atoms with van der Waals surface area (Å²) in [5, 5.41) is 47.1. The average Bonchev–Trinajstić information content (AvgIpc) is 2.80. The number of nitrogens with zero attached hydrogens (tertiary/aromatic N) is 1. The van der Waals surface area contributed by atoms with Gasteiger partial charge in [-0.05, 0) is 50.4 Å². The summed E-state index contributed by atoms with van der Waals surface area (Å²) < 4.78 is 0. The summed E-state index contributed by atoms with van der Waals surface area (Å²) in [5.41, 5.74) is 3.41. The maximum atomic E-state index is 13.6. The second-order valence-electron chi connectivity index (χ2n) is 10.2. The standard InChI is InChI=1S/C26H31N3O8/c1-4-11-5-13(9-28-17(31)10-29(2)3)21(32)19-15(11)7-12-6-14-8-16(30)20(25(27)36)24(35)26(14,37)23(34)18(12)22(19)33/h5,12,14,32-33,35,37H,4,6-10H2,1-3H3,(H2,27,36)(H,28,31). The molecule has 0 spiro atoms. The lowest BCUT2D eigenvalue weighted by atomic mass is 9.59. The summed E-state index contributed by atoms with van der Waals surface area (Å²) in [6.07, 6.45) is 0.509. The zero-order valence-electron chi connectivity index (χ0n) is 20.9. The van der Waals surface area contributed by atoms with E-state index >= 15 is 0 Å². The molecular weight excluding hydrogens is 482 g/mol. The molecule has 3 aliphatic carbocycles. The summed E-state index contributed by atoms with van der Waals surface area (Å²) in [4.78, 5) is 51.7. The molecule has 2 amide bonds. The van der Waals surface area contributed by atoms with Gasteiger partial charge >= 0.3 is 0 Å². The highest BCUT2D eigenvalue weighted by molar-refractivity contribution is 6.22. The second kappa shape index (κ2) is 9.31. The molecule has 11 heteroatoms. The quantitative estimate of drug-likeness (QED) is 0.288. The molecule has 0 heterocycles. The van der Waals surface area contributed by atoms with E-state index in [1.807, 2.05) is 6.92 Å². The van der Waals surface area contributed by atoms with Crippen LogP contribution in [0, 0.1) is 11.8 Å². The van der Waals surface area contributed by atoms with E-state index in [1.54, 1.807) is 25.1 Å². The molecule has 3 atom stereocenters. The number of aromatic hydroxyl groups is 1. The number of benzene rings is 1. The number of hydrogen-bond acceptors (Lipinski definition) is 9. The summed E-state index contributed by atoms with van der Waals surface area (Å²) in [6, 6.07) is 1.75. The van der Waals surface area contributed by atoms with E-state index in [4.69, 9.17) is 5.73 Å². The molecule has 0 radical (unpaired) electrons. The molecule has 3 unspecified atom stereocenters. The van der Waals surface area contributed by atoms with Gasteiger partial charge in [-0.1, -0.05) is 13.0 Å². The van der Waals surface area contributed by atoms with Crippen LogP contribution in [0.4, 0.5) is 0 Å². The number of likely N-dealkylation sites (N-methyl/N-ethyl adjacent to an activating group) is 1. The number of Topliss-reactive ketones (excluding diaryl/α,β-unsaturated/α-hetero) is 2. The average molecular weight is 514 g/mol. The van der Waals surface area contributed by atoms with Gasteiger partial charge in [-0.25, -0.2) is 0 Å². The molecule has 3 aliphatic rings. The Bertz CT molecular complexity index is 1290. The van der Waals surface area contributed by atoms with E-state index in [0.29, 0.717) is 17.5 Å². The van der Waals surface area contributed by atoms with E-state index in [1.165, 1.54) is 0 Å². The zero-order valence-corrected chi connectivity index (χ0v) is 20.9. The van der Waals surface area contributed by atoms with Crippen LogP contribution in [0.2, 0.25) is 0 Å². The highest BCUT2D eigenvalue weighted by atomic mass is 16.3. The highest BCUT2D eigenvalue weighted by Gasteiger charge is 2.60. The van der Waals surface area contributed by atoms with Gasteiger partial charge in [0, 0.05) is 30.0 Å². The van der Waals surface area contributed by atoms with Crippen LogP contribution in [0.1, 0.15) is 42.0 Å². The number of primary amides is 1. The summed E-state index contributed by atoms with van der Waals surface area (Å²) in [7, 11) is 3.49. The number of nitrogens with two attached hydrogens (primary N) is 1. The van der Waals surface area contributed by atoms with Gasteiger partial charge in [-0.15, -0.1) is 0 Å². The van der Waals surface area contributed by atoms with E-state index in [9.17, 15) is 39.6 Å². The number of phenolic OH excluding ortho intramolecular Hbond substituents is 1. The fraction of sp³-hybridized carbons (Fsp3) is 0.462. The Morgan fingerprint density at radius 3 is 2.43 bits per heavy atom. The largest absolute Gasteiger partial charge is 0.508 e. The third-order valence-electron chi connectivity index (χ3n) is 7.55. The predicted molar refractivity (Wildman–Crippen MR) is 131 cm³/mol. The van der Waals surface area contributed by atoms with Crippen molar-refractivity contribution in [3.63, 3.8) is 0 Å². The van der Waals surface area contributed by atoms with Crippen molar-refractivity contribution in [2.45, 2.75) is 44.8 Å². The molecule has 198 valence electrons. The first-order valence-electron chi connectivity index (χ1n) is 12.1. The molecule has 7 N–H and O–H groups in total. The number of carbonyl (C=O) groups excluding carboxylic acids is 4. The third-order valence-corrected chi connectivity index (χ3v) is 7.55. The van der Waals surface area contributed by atoms with Crippen LogP contribution in [-0.4, -0.2) is 74.9 Å². The van der Waals surface area contributed by atoms with Gasteiger partial charge in [-0.2, -0.15) is 0 Å². The van der Waals surface area contributed by atoms with Crippen LogP contribution in [0.3, 0.4) is 0 Å². The molecule has 0 bridgehead atoms. The number of aliphatic hydroxyl groups excluding tert-OH is 2. The van der Waals surface area contributed by atoms with Crippen LogP contribution in [-0.2, 0) is 38.6 Å². The molecule has 37 heavy (non-hydrogen) atoms. The van der Waals surface area contributed by atoms with Crippen LogP contribution < -0.4 is 11.1 Å². The van der Waals surface area contributed by atoms with Gasteiger partial charge in [-0.3, -0.25) is 19.2 Å². The Morgan fingerprint density at radius 1 is 1.16 bits per heavy atom. The minimum absolute atomic E-state index is 0.0155. The number of carbonyl (C=O) groups is 4. The van der Waals surface area contributed by atoms with Crippen LogP contribution in [0.15, 0.2) is 23.0 Å². The monoisotopic (exact) mass is 513 g/mol. The lowest BCUT2D eigenvalue weighted by Gasteiger charge is -2.46. The minimum atomic E-state index is -2.60. The number of phenols is 1. The number of aliphatic hydroxyl groups is 3. The highest BCUT2D eigenvalue weighted by Crippen LogP contribution is 2.52. The number of amides is 2. The van der Waals surface area contributed by atoms with E-state index < -0.39 is 52.0 Å². The lowest BCUT2D eigenvalue weighted by Crippen LogP contribution is -2.58. The first-order chi connectivity index (χ1) is 17.3. The maximum Gasteiger partial charge on any atom is 0.255 e. The topological polar surface area (TPSA) is 190 Å². The van der Waals surface area contributed by atoms with Gasteiger partial charge < -0.3 is 36.4 Å². The molecule has 1 fully saturated rings. The van der Waals surface area contributed by atoms with Crippen molar-refractivity contribution in [2.75, 3.05) is 20.6 Å². The molecule has 1 saturated carbocycles. The lowest BCUT2D eigenvalue weighted by molar-refractivity contribution is -0.147. The van der Waals surface area contributed by atoms with Crippen LogP contribution in [0.25, 0.3) is 5.76 Å². The summed E-state index contributed by atoms with van der Waals surface area (Å²) in [5.74, 6) is -6.87. The zero-order chi connectivity index (χ0) is 27.4. The number of fused-ring (bicyclic) bond motifs is 3. The van der Waals surface area contributed by atoms with Crippen molar-refractivity contribution in [1.82, 2.24) is 10.2 Å². The summed E-state index contributed by atoms with van der Waals surface area (Å²) in [6.45, 7) is 2.03. The predicted octanol–water partition coefficient (Wildman–Crippen LogP) is 0.164. The van der Waals surface area contributed by atoms with Gasteiger partial charge in [0.25, 0.3) is 5.91 Å². The number of nitrogens with one attached hydrogen (secondary N) is 1. The third kappa shape index (κ3) is 4.08. The number of hydrogen-bond donors (Lipinski definition) is 6. The minimum Gasteiger partial charge on any atom is -0.508 e. The van der Waals surface area contributed by atoms with Crippen molar-refractivity contribution in [3.05, 3.63) is 45.2 Å². The van der Waals surface area contributed by atoms with E-state index in [2.05, 4.69) is 5.32 Å². The van der Waals surface area contributed by atoms with Crippen LogP contribution >= 0.6 is 0 Å². The van der Waals surface area contributed by atoms with Gasteiger partial charge in [0.1, 0.15) is 22.8 Å². The van der Waals surface area contributed by atoms with E-state index in [-0.39, 0.29) is 55.1 Å². The molecule has 1 aromatic rings. The smallest absolute Gasteiger partial charge is 0.255 e. The molecule has 11 nitrogen and oxygen atoms in total. The molecular formula is C26H31N3O8. The van der Waals surface area contributed by atoms with Crippen LogP contribution in [0.5, 0.6) is 5.75 Å². The Balaban J connectivity index is 1.82. The molecule has 0 saturated heterocycles. The van der Waals surface area contributed by atoms with Crippen molar-refractivity contribution in [2.24, 2.45) is 17.6 Å². The normalized spacial score (nSPS) is 25.1. The maximum absolute atomic E-state index is 13.6. The number of aryl methyl sites for hydroxylation is 1. The fourth-order valence-electron chi connectivity index (χ4n) is 5.82. The van der Waals surface area contributed by atoms with Gasteiger partial charge in [0.2, 0.25) is 11.7 Å². The number of ketones is 2. The van der Waals surface area contributed by atoms with E-state index in [0.717, 1.165) is 5.56 Å². The van der Waals surface area contributed by atoms with Gasteiger partial charge in [0.05, 0.1) is 12.1 Å². The molecule has 4 rings (SSSR count). The number of rotatable bonds is 6. The van der Waals surface area contributed by atoms with Crippen molar-refractivity contribution < 1.29 is 39.6 Å². The molecule has 0 aromatic heterocycles. The first kappa shape index (κ1) is 26.4. The first-order valence-corrected chi connectivity index (χ1v) is 12.1. The van der Waals surface area contributed by atoms with Crippen molar-refractivity contribution in [1.29, 1.82) is 0 Å². The molecule has 0 aliphatic heterocycles. The molecule has 1 aromatic carbocycles.